The lowest BCUT2D eigenvalue weighted by atomic mass is 10.1. The smallest absolute Gasteiger partial charge is 0.263 e. The Morgan fingerprint density at radius 2 is 1.64 bits per heavy atom. The molecule has 2 aromatic carbocycles. The first-order chi connectivity index (χ1) is 13.5. The Labute approximate surface area is 168 Å². The highest BCUT2D eigenvalue weighted by atomic mass is 32.1. The molecule has 28 heavy (non-hydrogen) atoms. The van der Waals surface area contributed by atoms with E-state index in [2.05, 4.69) is 10.6 Å². The quantitative estimate of drug-likeness (QED) is 0.446. The van der Waals surface area contributed by atoms with Crippen molar-refractivity contribution in [1.29, 1.82) is 0 Å². The minimum absolute atomic E-state index is 0.00186. The number of nitrogens with one attached hydrogen (secondary N) is 2. The summed E-state index contributed by atoms with van der Waals surface area (Å²) in [5.41, 5.74) is 2.85. The maximum absolute atomic E-state index is 12.0. The average molecular weight is 396 g/mol. The van der Waals surface area contributed by atoms with Crippen molar-refractivity contribution in [2.45, 2.75) is 20.5 Å². The van der Waals surface area contributed by atoms with Gasteiger partial charge >= 0.3 is 0 Å². The SMILES string of the molecule is CCOc1cc(C=C2C(=O)NC(=S)NC2=O)ccc1OCc1ccc(C)cc1. The van der Waals surface area contributed by atoms with E-state index in [0.29, 0.717) is 30.3 Å². The molecule has 2 N–H and O–H groups in total. The van der Waals surface area contributed by atoms with E-state index in [4.69, 9.17) is 21.7 Å². The fourth-order valence-electron chi connectivity index (χ4n) is 2.62. The third-order valence-electron chi connectivity index (χ3n) is 4.04. The largest absolute Gasteiger partial charge is 0.490 e. The summed E-state index contributed by atoms with van der Waals surface area (Å²) in [7, 11) is 0. The van der Waals surface area contributed by atoms with Gasteiger partial charge in [-0.3, -0.25) is 20.2 Å². The predicted octanol–water partition coefficient (Wildman–Crippen LogP) is 2.89. The Balaban J connectivity index is 1.81. The number of ether oxygens (including phenoxy) is 2. The number of hydrogen-bond donors (Lipinski definition) is 2. The van der Waals surface area contributed by atoms with Gasteiger partial charge in [-0.25, -0.2) is 0 Å². The van der Waals surface area contributed by atoms with Gasteiger partial charge in [0.15, 0.2) is 16.6 Å². The second-order valence-electron chi connectivity index (χ2n) is 6.21. The summed E-state index contributed by atoms with van der Waals surface area (Å²) < 4.78 is 11.6. The van der Waals surface area contributed by atoms with Crippen LogP contribution in [0, 0.1) is 6.92 Å². The van der Waals surface area contributed by atoms with Gasteiger partial charge in [0.1, 0.15) is 12.2 Å². The summed E-state index contributed by atoms with van der Waals surface area (Å²) in [4.78, 5) is 24.0. The molecular weight excluding hydrogens is 376 g/mol. The molecule has 0 aromatic heterocycles. The van der Waals surface area contributed by atoms with Crippen molar-refractivity contribution in [1.82, 2.24) is 10.6 Å². The summed E-state index contributed by atoms with van der Waals surface area (Å²) >= 11 is 4.80. The van der Waals surface area contributed by atoms with E-state index >= 15 is 0 Å². The highest BCUT2D eigenvalue weighted by molar-refractivity contribution is 7.80. The van der Waals surface area contributed by atoms with Crippen molar-refractivity contribution in [3.63, 3.8) is 0 Å². The number of benzene rings is 2. The number of carbonyl (C=O) groups excluding carboxylic acids is 2. The lowest BCUT2D eigenvalue weighted by molar-refractivity contribution is -0.123. The molecule has 1 aliphatic rings. The number of aryl methyl sites for hydroxylation is 1. The topological polar surface area (TPSA) is 76.7 Å². The zero-order valence-electron chi connectivity index (χ0n) is 15.6. The van der Waals surface area contributed by atoms with Crippen molar-refractivity contribution in [2.75, 3.05) is 6.61 Å². The van der Waals surface area contributed by atoms with Crippen molar-refractivity contribution >= 4 is 35.2 Å². The highest BCUT2D eigenvalue weighted by Crippen LogP contribution is 2.30. The number of carbonyl (C=O) groups is 2. The molecule has 0 atom stereocenters. The summed E-state index contributed by atoms with van der Waals surface area (Å²) in [5.74, 6) is 0.0530. The number of hydrogen-bond acceptors (Lipinski definition) is 5. The van der Waals surface area contributed by atoms with E-state index in [0.717, 1.165) is 5.56 Å². The van der Waals surface area contributed by atoms with Gasteiger partial charge < -0.3 is 9.47 Å². The van der Waals surface area contributed by atoms with Crippen molar-refractivity contribution < 1.29 is 19.1 Å². The molecule has 1 fully saturated rings. The summed E-state index contributed by atoms with van der Waals surface area (Å²) in [6.07, 6.45) is 1.48. The van der Waals surface area contributed by atoms with Crippen LogP contribution in [-0.4, -0.2) is 23.5 Å². The van der Waals surface area contributed by atoms with Crippen molar-refractivity contribution in [3.8, 4) is 11.5 Å². The molecule has 1 saturated heterocycles. The molecule has 6 nitrogen and oxygen atoms in total. The standard InChI is InChI=1S/C21H20N2O4S/c1-3-26-18-11-15(10-16-19(24)22-21(28)23-20(16)25)8-9-17(18)27-12-14-6-4-13(2)5-7-14/h4-11H,3,12H2,1-2H3,(H2,22,23,24,25,28). The normalized spacial score (nSPS) is 13.6. The molecule has 0 radical (unpaired) electrons. The summed E-state index contributed by atoms with van der Waals surface area (Å²) in [6.45, 7) is 4.77. The second-order valence-corrected chi connectivity index (χ2v) is 6.62. The zero-order valence-corrected chi connectivity index (χ0v) is 16.4. The maximum Gasteiger partial charge on any atom is 0.263 e. The molecule has 7 heteroatoms. The van der Waals surface area contributed by atoms with Crippen LogP contribution in [0.15, 0.2) is 48.0 Å². The van der Waals surface area contributed by atoms with E-state index in [9.17, 15) is 9.59 Å². The van der Waals surface area contributed by atoms with Crippen molar-refractivity contribution in [2.24, 2.45) is 0 Å². The minimum Gasteiger partial charge on any atom is -0.490 e. The van der Waals surface area contributed by atoms with Gasteiger partial charge in [-0.1, -0.05) is 35.9 Å². The van der Waals surface area contributed by atoms with Crippen LogP contribution < -0.4 is 20.1 Å². The van der Waals surface area contributed by atoms with Gasteiger partial charge in [0.2, 0.25) is 0 Å². The Morgan fingerprint density at radius 1 is 0.964 bits per heavy atom. The van der Waals surface area contributed by atoms with E-state index in [1.54, 1.807) is 18.2 Å². The molecule has 0 saturated carbocycles. The van der Waals surface area contributed by atoms with Gasteiger partial charge in [0.05, 0.1) is 6.61 Å². The molecule has 0 unspecified atom stereocenters. The van der Waals surface area contributed by atoms with Gasteiger partial charge in [-0.05, 0) is 55.4 Å². The van der Waals surface area contributed by atoms with E-state index < -0.39 is 11.8 Å². The Hall–Kier alpha value is -3.19. The monoisotopic (exact) mass is 396 g/mol. The van der Waals surface area contributed by atoms with Crippen LogP contribution in [0.5, 0.6) is 11.5 Å². The van der Waals surface area contributed by atoms with Crippen molar-refractivity contribution in [3.05, 3.63) is 64.7 Å². The number of thiocarbonyl (C=S) groups is 1. The Morgan fingerprint density at radius 3 is 2.29 bits per heavy atom. The van der Waals surface area contributed by atoms with Gasteiger partial charge in [-0.2, -0.15) is 0 Å². The van der Waals surface area contributed by atoms with Crippen LogP contribution >= 0.6 is 12.2 Å². The lowest BCUT2D eigenvalue weighted by Crippen LogP contribution is -2.51. The molecule has 144 valence electrons. The van der Waals surface area contributed by atoms with Crippen LogP contribution in [0.1, 0.15) is 23.6 Å². The highest BCUT2D eigenvalue weighted by Gasteiger charge is 2.25. The molecule has 0 aliphatic carbocycles. The first kappa shape index (κ1) is 19.6. The number of amides is 2. The van der Waals surface area contributed by atoms with Crippen LogP contribution in [0.25, 0.3) is 6.08 Å². The molecule has 3 rings (SSSR count). The fraction of sp³-hybridized carbons (Fsp3) is 0.190. The third kappa shape index (κ3) is 4.75. The third-order valence-corrected chi connectivity index (χ3v) is 4.24. The van der Waals surface area contributed by atoms with Gasteiger partial charge in [-0.15, -0.1) is 0 Å². The Kier molecular flexibility index (Phi) is 6.06. The molecule has 1 aliphatic heterocycles. The molecule has 2 aromatic rings. The molecule has 0 bridgehead atoms. The van der Waals surface area contributed by atoms with Crippen LogP contribution in [-0.2, 0) is 16.2 Å². The predicted molar refractivity (Wildman–Crippen MR) is 110 cm³/mol. The summed E-state index contributed by atoms with van der Waals surface area (Å²) in [6, 6.07) is 13.3. The van der Waals surface area contributed by atoms with Crippen LogP contribution in [0.3, 0.4) is 0 Å². The second kappa shape index (κ2) is 8.67. The van der Waals surface area contributed by atoms with E-state index in [1.807, 2.05) is 38.1 Å². The van der Waals surface area contributed by atoms with E-state index in [1.165, 1.54) is 11.6 Å². The summed E-state index contributed by atoms with van der Waals surface area (Å²) in [5, 5.41) is 4.82. The van der Waals surface area contributed by atoms with Crippen LogP contribution in [0.4, 0.5) is 0 Å². The van der Waals surface area contributed by atoms with Gasteiger partial charge in [0.25, 0.3) is 11.8 Å². The molecular formula is C21H20N2O4S. The van der Waals surface area contributed by atoms with Gasteiger partial charge in [0, 0.05) is 0 Å². The number of rotatable bonds is 6. The molecule has 0 spiro atoms. The first-order valence-electron chi connectivity index (χ1n) is 8.80. The lowest BCUT2D eigenvalue weighted by Gasteiger charge is -2.17. The average Bonchev–Trinajstić information content (AvgIpc) is 2.65. The zero-order chi connectivity index (χ0) is 20.1. The molecule has 2 amide bonds. The Bertz CT molecular complexity index is 929. The molecule has 1 heterocycles. The van der Waals surface area contributed by atoms with E-state index in [-0.39, 0.29) is 10.7 Å². The van der Waals surface area contributed by atoms with Crippen LogP contribution in [0.2, 0.25) is 0 Å². The minimum atomic E-state index is -0.536. The fourth-order valence-corrected chi connectivity index (χ4v) is 2.81. The maximum atomic E-state index is 12.0. The first-order valence-corrected chi connectivity index (χ1v) is 9.20.